The molecule has 0 atom stereocenters. The predicted octanol–water partition coefficient (Wildman–Crippen LogP) is 5.38. The van der Waals surface area contributed by atoms with Crippen LogP contribution in [-0.4, -0.2) is 30.2 Å². The largest absolute Gasteiger partial charge is 0.509 e. The summed E-state index contributed by atoms with van der Waals surface area (Å²) in [6, 6.07) is 0. The lowest BCUT2D eigenvalue weighted by atomic mass is 9.80. The maximum Gasteiger partial charge on any atom is 0.509 e. The highest BCUT2D eigenvalue weighted by Gasteiger charge is 2.74. The number of carbonyl (C=O) groups is 1. The van der Waals surface area contributed by atoms with Gasteiger partial charge >= 0.3 is 24.1 Å². The van der Waals surface area contributed by atoms with E-state index in [2.05, 4.69) is 9.47 Å². The van der Waals surface area contributed by atoms with Crippen LogP contribution in [0.4, 0.5) is 31.1 Å². The van der Waals surface area contributed by atoms with Gasteiger partial charge in [-0.2, -0.15) is 26.3 Å². The van der Waals surface area contributed by atoms with Gasteiger partial charge in [-0.1, -0.05) is 32.1 Å². The number of halogens is 6. The van der Waals surface area contributed by atoms with Crippen LogP contribution in [0.5, 0.6) is 0 Å². The number of carbonyl (C=O) groups excluding carboxylic acids is 1. The maximum atomic E-state index is 13.3. The Hall–Kier alpha value is -1.15. The van der Waals surface area contributed by atoms with Crippen molar-refractivity contribution in [2.24, 2.45) is 5.92 Å². The molecule has 9 heteroatoms. The van der Waals surface area contributed by atoms with Crippen molar-refractivity contribution in [3.63, 3.8) is 0 Å². The molecule has 0 radical (unpaired) electrons. The summed E-state index contributed by atoms with van der Waals surface area (Å²) in [6.45, 7) is 2.59. The lowest BCUT2D eigenvalue weighted by molar-refractivity contribution is -0.373. The van der Waals surface area contributed by atoms with E-state index >= 15 is 0 Å². The zero-order valence-corrected chi connectivity index (χ0v) is 12.9. The molecule has 0 aliphatic heterocycles. The van der Waals surface area contributed by atoms with Gasteiger partial charge in [0.2, 0.25) is 0 Å². The van der Waals surface area contributed by atoms with Crippen LogP contribution in [0.15, 0.2) is 0 Å². The van der Waals surface area contributed by atoms with Crippen molar-refractivity contribution < 1.29 is 40.6 Å². The Morgan fingerprint density at radius 1 is 1.00 bits per heavy atom. The minimum Gasteiger partial charge on any atom is -0.432 e. The summed E-state index contributed by atoms with van der Waals surface area (Å²) in [4.78, 5) is 11.4. The van der Waals surface area contributed by atoms with Crippen molar-refractivity contribution in [3.8, 4) is 0 Å². The Bertz CT molecular complexity index is 382. The van der Waals surface area contributed by atoms with Crippen LogP contribution in [0, 0.1) is 5.92 Å². The molecule has 1 saturated carbocycles. The first-order valence-electron chi connectivity index (χ1n) is 7.42. The van der Waals surface area contributed by atoms with E-state index in [9.17, 15) is 31.1 Å². The second-order valence-electron chi connectivity index (χ2n) is 6.05. The summed E-state index contributed by atoms with van der Waals surface area (Å²) in [6.07, 6.45) is -13.4. The summed E-state index contributed by atoms with van der Waals surface area (Å²) in [5.41, 5.74) is -4.53. The van der Waals surface area contributed by atoms with Gasteiger partial charge in [0.1, 0.15) is 0 Å². The Morgan fingerprint density at radius 2 is 1.48 bits per heavy atom. The fourth-order valence-electron chi connectivity index (χ4n) is 2.71. The molecule has 23 heavy (non-hydrogen) atoms. The lowest BCUT2D eigenvalue weighted by Crippen LogP contribution is -2.60. The topological polar surface area (TPSA) is 35.5 Å². The van der Waals surface area contributed by atoms with Gasteiger partial charge in [0.05, 0.1) is 6.10 Å². The number of alkyl halides is 6. The van der Waals surface area contributed by atoms with Crippen LogP contribution in [0.3, 0.4) is 0 Å². The van der Waals surface area contributed by atoms with Crippen molar-refractivity contribution in [2.75, 3.05) is 0 Å². The van der Waals surface area contributed by atoms with Crippen molar-refractivity contribution in [1.82, 2.24) is 0 Å². The summed E-state index contributed by atoms with van der Waals surface area (Å²) < 4.78 is 87.8. The van der Waals surface area contributed by atoms with E-state index in [1.54, 1.807) is 0 Å². The molecule has 1 aliphatic rings. The molecular weight excluding hydrogens is 330 g/mol. The normalized spacial score (nSPS) is 18.1. The third-order valence-electron chi connectivity index (χ3n) is 3.81. The third kappa shape index (κ3) is 4.91. The van der Waals surface area contributed by atoms with Gasteiger partial charge in [0, 0.05) is 6.42 Å². The van der Waals surface area contributed by atoms with Crippen molar-refractivity contribution in [1.29, 1.82) is 0 Å². The average molecular weight is 350 g/mol. The van der Waals surface area contributed by atoms with Crippen LogP contribution < -0.4 is 0 Å². The first-order valence-corrected chi connectivity index (χ1v) is 7.42. The first-order chi connectivity index (χ1) is 10.4. The molecule has 1 rings (SSSR count). The molecule has 0 N–H and O–H groups in total. The smallest absolute Gasteiger partial charge is 0.432 e. The summed E-state index contributed by atoms with van der Waals surface area (Å²) in [7, 11) is 0. The highest BCUT2D eigenvalue weighted by atomic mass is 19.4. The summed E-state index contributed by atoms with van der Waals surface area (Å²) in [5, 5.41) is 0. The van der Waals surface area contributed by atoms with E-state index in [4.69, 9.17) is 0 Å². The molecule has 1 fully saturated rings. The molecule has 0 bridgehead atoms. The number of ether oxygens (including phenoxy) is 2. The number of hydrogen-bond acceptors (Lipinski definition) is 3. The van der Waals surface area contributed by atoms with E-state index in [-0.39, 0.29) is 12.8 Å². The van der Waals surface area contributed by atoms with Crippen LogP contribution in [0.1, 0.15) is 52.4 Å². The minimum absolute atomic E-state index is 0.247. The Balaban J connectivity index is 3.11. The molecule has 1 aliphatic carbocycles. The second-order valence-corrected chi connectivity index (χ2v) is 6.05. The van der Waals surface area contributed by atoms with Crippen molar-refractivity contribution in [2.45, 2.75) is 76.4 Å². The van der Waals surface area contributed by atoms with E-state index in [0.29, 0.717) is 12.8 Å². The zero-order chi connectivity index (χ0) is 17.9. The Kier molecular flexibility index (Phi) is 6.20. The molecule has 0 saturated heterocycles. The molecule has 3 nitrogen and oxygen atoms in total. The molecule has 0 aromatic carbocycles. The predicted molar refractivity (Wildman–Crippen MR) is 68.7 cm³/mol. The fraction of sp³-hybridized carbons (Fsp3) is 0.929. The summed E-state index contributed by atoms with van der Waals surface area (Å²) in [5.74, 6) is -0.807. The van der Waals surface area contributed by atoms with E-state index < -0.39 is 42.6 Å². The van der Waals surface area contributed by atoms with Crippen molar-refractivity contribution >= 4 is 6.16 Å². The molecule has 0 aromatic rings. The van der Waals surface area contributed by atoms with Crippen molar-refractivity contribution in [3.05, 3.63) is 0 Å². The van der Waals surface area contributed by atoms with Gasteiger partial charge in [-0.15, -0.1) is 0 Å². The van der Waals surface area contributed by atoms with Gasteiger partial charge < -0.3 is 9.47 Å². The average Bonchev–Trinajstić information content (AvgIpc) is 2.35. The zero-order valence-electron chi connectivity index (χ0n) is 12.9. The molecule has 0 aromatic heterocycles. The molecule has 0 amide bonds. The molecule has 136 valence electrons. The standard InChI is InChI=1S/C14H20F6O3/c1-9(2)22-11(21)23-12(13(15,16)17,14(18,19)20)8-10-6-4-3-5-7-10/h9-10H,3-8H2,1-2H3. The second kappa shape index (κ2) is 7.17. The maximum absolute atomic E-state index is 13.3. The highest BCUT2D eigenvalue weighted by molar-refractivity contribution is 5.61. The van der Waals surface area contributed by atoms with E-state index in [1.165, 1.54) is 13.8 Å². The van der Waals surface area contributed by atoms with E-state index in [0.717, 1.165) is 6.42 Å². The molecule has 0 unspecified atom stereocenters. The monoisotopic (exact) mass is 350 g/mol. The Labute approximate surface area is 130 Å². The first kappa shape index (κ1) is 19.9. The number of rotatable bonds is 4. The van der Waals surface area contributed by atoms with Crippen LogP contribution in [0.2, 0.25) is 0 Å². The van der Waals surface area contributed by atoms with Gasteiger partial charge in [-0.25, -0.2) is 4.79 Å². The van der Waals surface area contributed by atoms with Gasteiger partial charge in [-0.05, 0) is 19.8 Å². The minimum atomic E-state index is -5.78. The van der Waals surface area contributed by atoms with Gasteiger partial charge in [0.25, 0.3) is 0 Å². The van der Waals surface area contributed by atoms with Crippen LogP contribution in [-0.2, 0) is 9.47 Å². The van der Waals surface area contributed by atoms with Gasteiger partial charge in [-0.3, -0.25) is 0 Å². The quantitative estimate of drug-likeness (QED) is 0.504. The van der Waals surface area contributed by atoms with Crippen LogP contribution >= 0.6 is 0 Å². The third-order valence-corrected chi connectivity index (χ3v) is 3.81. The Morgan fingerprint density at radius 3 is 1.87 bits per heavy atom. The molecule has 0 heterocycles. The molecular formula is C14H20F6O3. The fourth-order valence-corrected chi connectivity index (χ4v) is 2.71. The highest BCUT2D eigenvalue weighted by Crippen LogP contribution is 2.51. The lowest BCUT2D eigenvalue weighted by Gasteiger charge is -2.39. The van der Waals surface area contributed by atoms with E-state index in [1.807, 2.05) is 0 Å². The summed E-state index contributed by atoms with van der Waals surface area (Å²) >= 11 is 0. The molecule has 0 spiro atoms. The number of hydrogen-bond donors (Lipinski definition) is 0. The van der Waals surface area contributed by atoms with Crippen LogP contribution in [0.25, 0.3) is 0 Å². The van der Waals surface area contributed by atoms with Gasteiger partial charge in [0.15, 0.2) is 0 Å². The SMILES string of the molecule is CC(C)OC(=O)OC(CC1CCCCC1)(C(F)(F)F)C(F)(F)F.